The molecule has 0 aromatic rings. The maximum absolute atomic E-state index is 7.69. The Labute approximate surface area is 42.2 Å². The van der Waals surface area contributed by atoms with Gasteiger partial charge in [0.05, 0.1) is 0 Å². The summed E-state index contributed by atoms with van der Waals surface area (Å²) in [5.74, 6) is 0. The van der Waals surface area contributed by atoms with Crippen LogP contribution in [0, 0.1) is 17.8 Å². The van der Waals surface area contributed by atoms with Crippen molar-refractivity contribution in [2.75, 3.05) is 0 Å². The van der Waals surface area contributed by atoms with Crippen LogP contribution in [0.25, 0.3) is 0 Å². The first-order valence-corrected chi connectivity index (χ1v) is 5.19. The predicted octanol–water partition coefficient (Wildman–Crippen LogP) is 0.0311. The number of hydrogen-bond acceptors (Lipinski definition) is 2. The van der Waals surface area contributed by atoms with Crippen LogP contribution in [-0.2, 0) is 24.2 Å². The van der Waals surface area contributed by atoms with Gasteiger partial charge in [0, 0.05) is 0 Å². The first-order valence-electron chi connectivity index (χ1n) is 1.15. The molecular formula is C2CdN2. The molecule has 20 valence electrons. The van der Waals surface area contributed by atoms with Crippen molar-refractivity contribution in [3.63, 3.8) is 0 Å². The minimum atomic E-state index is -1.45. The fraction of sp³-hybridized carbons (Fsp3) is 0. The van der Waals surface area contributed by atoms with E-state index in [9.17, 15) is 0 Å². The molecule has 0 fully saturated rings. The summed E-state index contributed by atoms with van der Waals surface area (Å²) < 4.78 is 3.73. The maximum atomic E-state index is 7.69. The molecule has 0 unspecified atom stereocenters. The Balaban J connectivity index is 2.86. The van der Waals surface area contributed by atoms with Gasteiger partial charge < -0.3 is 0 Å². The van der Waals surface area contributed by atoms with E-state index in [2.05, 4.69) is 0 Å². The molecule has 2 nitrogen and oxygen atoms in total. The van der Waals surface area contributed by atoms with E-state index in [1.165, 1.54) is 0 Å². The first-order chi connectivity index (χ1) is 2.41. The summed E-state index contributed by atoms with van der Waals surface area (Å²) >= 11 is -1.45. The molecule has 0 rings (SSSR count). The fourth-order valence-corrected chi connectivity index (χ4v) is 0.237. The average Bonchev–Trinajstić information content (AvgIpc) is 1.41. The topological polar surface area (TPSA) is 47.6 Å². The molecule has 0 saturated carbocycles. The average molecular weight is 164 g/mol. The third-order valence-electron chi connectivity index (χ3n) is 0.158. The normalized spacial score (nSPS) is 2.80. The van der Waals surface area contributed by atoms with E-state index < -0.39 is 24.2 Å². The van der Waals surface area contributed by atoms with Crippen LogP contribution < -0.4 is 0 Å². The van der Waals surface area contributed by atoms with Crippen molar-refractivity contribution in [1.29, 1.82) is 10.5 Å². The van der Waals surface area contributed by atoms with Gasteiger partial charge in [0.2, 0.25) is 0 Å². The molecule has 0 bridgehead atoms. The first kappa shape index (κ1) is 4.90. The summed E-state index contributed by atoms with van der Waals surface area (Å²) in [6, 6.07) is 0. The molecular weight excluding hydrogens is 164 g/mol. The van der Waals surface area contributed by atoms with E-state index in [1.54, 1.807) is 0 Å². The molecule has 0 aliphatic rings. The summed E-state index contributed by atoms with van der Waals surface area (Å²) in [6.07, 6.45) is 0. The second-order valence-electron chi connectivity index (χ2n) is 0.493. The van der Waals surface area contributed by atoms with Crippen LogP contribution in [0.2, 0.25) is 0 Å². The van der Waals surface area contributed by atoms with Crippen molar-refractivity contribution in [3.8, 4) is 7.26 Å². The molecule has 0 spiro atoms. The van der Waals surface area contributed by atoms with Gasteiger partial charge in [-0.05, 0) is 0 Å². The number of nitriles is 2. The Hall–Kier alpha value is -0.0979. The summed E-state index contributed by atoms with van der Waals surface area (Å²) in [5, 5.41) is 15.4. The Morgan fingerprint density at radius 2 is 1.60 bits per heavy atom. The molecule has 3 heteroatoms. The quantitative estimate of drug-likeness (QED) is 0.474. The zero-order valence-electron chi connectivity index (χ0n) is 2.60. The van der Waals surface area contributed by atoms with Gasteiger partial charge in [0.15, 0.2) is 0 Å². The molecule has 0 heterocycles. The van der Waals surface area contributed by atoms with E-state index >= 15 is 0 Å². The van der Waals surface area contributed by atoms with Gasteiger partial charge in [-0.15, -0.1) is 0 Å². The zero-order chi connectivity index (χ0) is 4.12. The molecule has 0 aliphatic heterocycles. The van der Waals surface area contributed by atoms with Crippen molar-refractivity contribution in [1.82, 2.24) is 0 Å². The molecule has 5 heavy (non-hydrogen) atoms. The summed E-state index contributed by atoms with van der Waals surface area (Å²) in [7, 11) is 0. The molecule has 0 saturated heterocycles. The summed E-state index contributed by atoms with van der Waals surface area (Å²) in [5.41, 5.74) is 0. The third kappa shape index (κ3) is 3.90. The standard InChI is InChI=1S/2CN.Cd/c2*1-2;. The third-order valence-corrected chi connectivity index (χ3v) is 1.06. The molecule has 0 amide bonds. The van der Waals surface area contributed by atoms with Crippen LogP contribution in [0.3, 0.4) is 0 Å². The van der Waals surface area contributed by atoms with Gasteiger partial charge >= 0.3 is 42.0 Å². The van der Waals surface area contributed by atoms with E-state index in [0.717, 1.165) is 0 Å². The number of rotatable bonds is 0. The molecule has 0 aromatic carbocycles. The SMILES string of the molecule is N#[C][Cd][C]#N. The van der Waals surface area contributed by atoms with Crippen LogP contribution in [0.1, 0.15) is 0 Å². The van der Waals surface area contributed by atoms with Gasteiger partial charge in [0.25, 0.3) is 0 Å². The zero-order valence-corrected chi connectivity index (χ0v) is 6.64. The Kier molecular flexibility index (Phi) is 3.83. The van der Waals surface area contributed by atoms with E-state index in [4.69, 9.17) is 10.5 Å². The van der Waals surface area contributed by atoms with Crippen LogP contribution in [-0.4, -0.2) is 0 Å². The molecule has 0 aliphatic carbocycles. The van der Waals surface area contributed by atoms with Crippen LogP contribution in [0.5, 0.6) is 0 Å². The Morgan fingerprint density at radius 1 is 1.20 bits per heavy atom. The molecule has 0 radical (unpaired) electrons. The van der Waals surface area contributed by atoms with E-state index in [1.807, 2.05) is 7.26 Å². The Morgan fingerprint density at radius 3 is 1.60 bits per heavy atom. The van der Waals surface area contributed by atoms with Gasteiger partial charge in [-0.3, -0.25) is 0 Å². The predicted molar refractivity (Wildman–Crippen MR) is 11.2 cm³/mol. The van der Waals surface area contributed by atoms with Crippen molar-refractivity contribution in [3.05, 3.63) is 0 Å². The molecule has 0 atom stereocenters. The van der Waals surface area contributed by atoms with Crippen molar-refractivity contribution >= 4 is 0 Å². The minimum absolute atomic E-state index is 1.45. The van der Waals surface area contributed by atoms with Crippen molar-refractivity contribution < 1.29 is 24.2 Å². The number of hydrogen-bond donors (Lipinski definition) is 0. The second-order valence-corrected chi connectivity index (χ2v) is 3.31. The van der Waals surface area contributed by atoms with Crippen molar-refractivity contribution in [2.45, 2.75) is 0 Å². The molecule has 0 N–H and O–H groups in total. The summed E-state index contributed by atoms with van der Waals surface area (Å²) in [4.78, 5) is 0. The number of nitrogens with zero attached hydrogens (tertiary/aromatic N) is 2. The van der Waals surface area contributed by atoms with E-state index in [0.29, 0.717) is 0 Å². The van der Waals surface area contributed by atoms with Crippen molar-refractivity contribution in [2.24, 2.45) is 0 Å². The second kappa shape index (κ2) is 3.90. The molecule has 0 aromatic heterocycles. The van der Waals surface area contributed by atoms with Gasteiger partial charge in [0.1, 0.15) is 0 Å². The van der Waals surface area contributed by atoms with Crippen LogP contribution in [0.4, 0.5) is 0 Å². The fourth-order valence-electron chi connectivity index (χ4n) is 0.0354. The van der Waals surface area contributed by atoms with E-state index in [-0.39, 0.29) is 0 Å². The van der Waals surface area contributed by atoms with Gasteiger partial charge in [-0.25, -0.2) is 0 Å². The Bertz CT molecular complexity index is 72.8. The van der Waals surface area contributed by atoms with Crippen LogP contribution in [0.15, 0.2) is 0 Å². The van der Waals surface area contributed by atoms with Gasteiger partial charge in [-0.1, -0.05) is 0 Å². The summed E-state index contributed by atoms with van der Waals surface area (Å²) in [6.45, 7) is 0. The van der Waals surface area contributed by atoms with Gasteiger partial charge in [-0.2, -0.15) is 0 Å². The van der Waals surface area contributed by atoms with Crippen LogP contribution >= 0.6 is 0 Å². The monoisotopic (exact) mass is 166 g/mol.